The molecule has 1 fully saturated rings. The lowest BCUT2D eigenvalue weighted by molar-refractivity contribution is 0.00578. The van der Waals surface area contributed by atoms with Gasteiger partial charge in [0.2, 0.25) is 0 Å². The molecule has 4 aromatic carbocycles. The molecule has 1 heterocycles. The van der Waals surface area contributed by atoms with Crippen molar-refractivity contribution in [2.75, 3.05) is 0 Å². The highest BCUT2D eigenvalue weighted by Gasteiger charge is 2.51. The quantitative estimate of drug-likeness (QED) is 0.216. The molecule has 0 N–H and O–H groups in total. The molecule has 0 atom stereocenters. The van der Waals surface area contributed by atoms with Gasteiger partial charge >= 0.3 is 7.12 Å². The molecule has 0 spiro atoms. The fourth-order valence-electron chi connectivity index (χ4n) is 5.26. The molecular formula is C36H45BO2Si2. The zero-order valence-electron chi connectivity index (χ0n) is 26.6. The van der Waals surface area contributed by atoms with Gasteiger partial charge in [0.25, 0.3) is 0 Å². The second-order valence-corrected chi connectivity index (χ2v) is 24.8. The largest absolute Gasteiger partial charge is 0.494 e. The van der Waals surface area contributed by atoms with Gasteiger partial charge in [-0.25, -0.2) is 0 Å². The van der Waals surface area contributed by atoms with Gasteiger partial charge in [0, 0.05) is 0 Å². The van der Waals surface area contributed by atoms with E-state index in [0.717, 1.165) is 11.0 Å². The van der Waals surface area contributed by atoms with Crippen LogP contribution in [-0.4, -0.2) is 34.5 Å². The summed E-state index contributed by atoms with van der Waals surface area (Å²) >= 11 is 0. The first-order valence-corrected chi connectivity index (χ1v) is 21.9. The Morgan fingerprint density at radius 3 is 1.24 bits per heavy atom. The Morgan fingerprint density at radius 2 is 0.829 bits per heavy atom. The van der Waals surface area contributed by atoms with Crippen molar-refractivity contribution >= 4 is 39.1 Å². The van der Waals surface area contributed by atoms with E-state index in [1.807, 2.05) is 0 Å². The van der Waals surface area contributed by atoms with Gasteiger partial charge in [0.05, 0.1) is 27.3 Å². The molecule has 1 aliphatic heterocycles. The second kappa shape index (κ2) is 10.5. The minimum absolute atomic E-state index is 0.358. The van der Waals surface area contributed by atoms with E-state index in [-0.39, 0.29) is 18.3 Å². The van der Waals surface area contributed by atoms with Gasteiger partial charge in [0.1, 0.15) is 0 Å². The predicted molar refractivity (Wildman–Crippen MR) is 184 cm³/mol. The molecule has 1 aliphatic rings. The summed E-state index contributed by atoms with van der Waals surface area (Å²) in [5.41, 5.74) is 7.77. The van der Waals surface area contributed by atoms with E-state index < -0.39 is 16.1 Å². The highest BCUT2D eigenvalue weighted by molar-refractivity contribution is 6.91. The molecule has 0 unspecified atom stereocenters. The normalized spacial score (nSPS) is 16.7. The van der Waals surface area contributed by atoms with Gasteiger partial charge in [-0.2, -0.15) is 0 Å². The summed E-state index contributed by atoms with van der Waals surface area (Å²) in [4.78, 5) is 0. The first-order valence-electron chi connectivity index (χ1n) is 14.9. The smallest absolute Gasteiger partial charge is 0.399 e. The van der Waals surface area contributed by atoms with Crippen LogP contribution in [0.4, 0.5) is 0 Å². The molecule has 212 valence electrons. The van der Waals surface area contributed by atoms with Crippen LogP contribution in [0.2, 0.25) is 39.3 Å². The van der Waals surface area contributed by atoms with Crippen LogP contribution >= 0.6 is 0 Å². The van der Waals surface area contributed by atoms with Crippen molar-refractivity contribution in [3.8, 4) is 33.4 Å². The first-order chi connectivity index (χ1) is 19.0. The van der Waals surface area contributed by atoms with Crippen molar-refractivity contribution < 1.29 is 9.31 Å². The zero-order valence-corrected chi connectivity index (χ0v) is 28.6. The number of benzene rings is 4. The van der Waals surface area contributed by atoms with Crippen LogP contribution in [0.15, 0.2) is 91.0 Å². The highest BCUT2D eigenvalue weighted by Crippen LogP contribution is 2.37. The third kappa shape index (κ3) is 6.24. The monoisotopic (exact) mass is 576 g/mol. The lowest BCUT2D eigenvalue weighted by atomic mass is 9.78. The lowest BCUT2D eigenvalue weighted by Crippen LogP contribution is -2.45. The van der Waals surface area contributed by atoms with E-state index in [1.165, 1.54) is 27.8 Å². The average molecular weight is 577 g/mol. The maximum Gasteiger partial charge on any atom is 0.494 e. The van der Waals surface area contributed by atoms with Gasteiger partial charge < -0.3 is 9.31 Å². The van der Waals surface area contributed by atoms with E-state index in [4.69, 9.17) is 9.31 Å². The molecule has 41 heavy (non-hydrogen) atoms. The van der Waals surface area contributed by atoms with E-state index in [9.17, 15) is 0 Å². The number of hydrogen-bond acceptors (Lipinski definition) is 2. The van der Waals surface area contributed by atoms with Gasteiger partial charge in [0.15, 0.2) is 0 Å². The molecule has 0 aromatic heterocycles. The Bertz CT molecular complexity index is 1530. The van der Waals surface area contributed by atoms with E-state index in [2.05, 4.69) is 158 Å². The van der Waals surface area contributed by atoms with Crippen molar-refractivity contribution in [1.82, 2.24) is 0 Å². The van der Waals surface area contributed by atoms with Gasteiger partial charge in [-0.1, -0.05) is 129 Å². The number of hydrogen-bond donors (Lipinski definition) is 0. The summed E-state index contributed by atoms with van der Waals surface area (Å²) in [5, 5.41) is 3.09. The van der Waals surface area contributed by atoms with Crippen molar-refractivity contribution in [2.24, 2.45) is 0 Å². The zero-order chi connectivity index (χ0) is 29.8. The summed E-state index contributed by atoms with van der Waals surface area (Å²) < 4.78 is 12.7. The van der Waals surface area contributed by atoms with Crippen molar-refractivity contribution in [1.29, 1.82) is 0 Å². The second-order valence-electron chi connectivity index (χ2n) is 14.7. The maximum absolute atomic E-state index is 6.33. The topological polar surface area (TPSA) is 18.5 Å². The summed E-state index contributed by atoms with van der Waals surface area (Å²) in [6.45, 7) is 23.1. The molecule has 4 aromatic rings. The van der Waals surface area contributed by atoms with Crippen LogP contribution in [0.1, 0.15) is 27.7 Å². The molecule has 1 saturated heterocycles. The first kappa shape index (κ1) is 29.8. The maximum atomic E-state index is 6.33. The lowest BCUT2D eigenvalue weighted by Gasteiger charge is -2.32. The summed E-state index contributed by atoms with van der Waals surface area (Å²) in [7, 11) is -3.28. The molecule has 5 rings (SSSR count). The molecular weight excluding hydrogens is 531 g/mol. The van der Waals surface area contributed by atoms with Crippen LogP contribution < -0.4 is 15.8 Å². The van der Waals surface area contributed by atoms with Crippen LogP contribution in [-0.2, 0) is 9.31 Å². The Morgan fingerprint density at radius 1 is 0.463 bits per heavy atom. The fraction of sp³-hybridized carbons (Fsp3) is 0.333. The van der Waals surface area contributed by atoms with Gasteiger partial charge in [-0.15, -0.1) is 0 Å². The van der Waals surface area contributed by atoms with E-state index >= 15 is 0 Å². The minimum atomic E-state index is -1.46. The molecule has 2 nitrogen and oxygen atoms in total. The Hall–Kier alpha value is -2.70. The van der Waals surface area contributed by atoms with Crippen molar-refractivity contribution in [3.63, 3.8) is 0 Å². The summed E-state index contributed by atoms with van der Waals surface area (Å²) in [6.07, 6.45) is 0. The SMILES string of the molecule is CC1(C)OB(c2cccc(-c3cccc(-c4cccc(-c5cc([Si](C)(C)C)cc([Si](C)(C)C)c5)c4)c3)c2)OC1(C)C. The molecule has 0 bridgehead atoms. The molecule has 0 amide bonds. The van der Waals surface area contributed by atoms with Crippen molar-refractivity contribution in [3.05, 3.63) is 91.0 Å². The molecule has 0 radical (unpaired) electrons. The standard InChI is InChI=1S/C36H45BO2Si2/c1-35(2)36(3,4)39-37(38-35)32-19-13-18-30(22-32)28-16-11-14-26(20-28)27-15-12-17-29(21-27)31-23-33(40(5,6)7)25-34(24-31)41(8,9)10/h11-25H,1-10H3. The Labute approximate surface area is 250 Å². The Kier molecular flexibility index (Phi) is 7.65. The summed E-state index contributed by atoms with van der Waals surface area (Å²) in [5.74, 6) is 0. The van der Waals surface area contributed by atoms with Gasteiger partial charge in [-0.3, -0.25) is 0 Å². The van der Waals surface area contributed by atoms with Crippen LogP contribution in [0, 0.1) is 0 Å². The number of rotatable bonds is 6. The van der Waals surface area contributed by atoms with E-state index in [1.54, 1.807) is 10.4 Å². The minimum Gasteiger partial charge on any atom is -0.399 e. The third-order valence-electron chi connectivity index (χ3n) is 8.80. The van der Waals surface area contributed by atoms with Crippen LogP contribution in [0.5, 0.6) is 0 Å². The molecule has 0 saturated carbocycles. The third-order valence-corrected chi connectivity index (χ3v) is 12.8. The van der Waals surface area contributed by atoms with Crippen LogP contribution in [0.25, 0.3) is 33.4 Å². The van der Waals surface area contributed by atoms with Crippen LogP contribution in [0.3, 0.4) is 0 Å². The molecule has 5 heteroatoms. The van der Waals surface area contributed by atoms with Gasteiger partial charge in [-0.05, 0) is 78.7 Å². The summed E-state index contributed by atoms with van der Waals surface area (Å²) in [6, 6.07) is 33.9. The predicted octanol–water partition coefficient (Wildman–Crippen LogP) is 8.08. The molecule has 0 aliphatic carbocycles. The van der Waals surface area contributed by atoms with E-state index in [0.29, 0.717) is 0 Å². The van der Waals surface area contributed by atoms with Crippen molar-refractivity contribution in [2.45, 2.75) is 78.2 Å². The Balaban J connectivity index is 1.49. The highest BCUT2D eigenvalue weighted by atomic mass is 28.3. The average Bonchev–Trinajstić information content (AvgIpc) is 3.14. The fourth-order valence-corrected chi connectivity index (χ4v) is 7.76.